The zero-order valence-corrected chi connectivity index (χ0v) is 9.89. The molecule has 2 amide bonds. The third-order valence-electron chi connectivity index (χ3n) is 2.52. The van der Waals surface area contributed by atoms with Gasteiger partial charge < -0.3 is 10.6 Å². The van der Waals surface area contributed by atoms with E-state index in [-0.39, 0.29) is 6.04 Å². The Labute approximate surface area is 99.2 Å². The van der Waals surface area contributed by atoms with Crippen LogP contribution in [0.4, 0.5) is 19.3 Å². The lowest BCUT2D eigenvalue weighted by atomic mass is 10.2. The van der Waals surface area contributed by atoms with E-state index in [1.54, 1.807) is 0 Å². The van der Waals surface area contributed by atoms with Crippen molar-refractivity contribution in [1.82, 2.24) is 5.32 Å². The van der Waals surface area contributed by atoms with Crippen LogP contribution in [-0.4, -0.2) is 12.1 Å². The summed E-state index contributed by atoms with van der Waals surface area (Å²) in [5.74, 6) is -1.57. The van der Waals surface area contributed by atoms with Gasteiger partial charge in [-0.05, 0) is 25.0 Å². The molecule has 1 rings (SSSR count). The highest BCUT2D eigenvalue weighted by molar-refractivity contribution is 5.89. The molecule has 0 atom stereocenters. The van der Waals surface area contributed by atoms with Crippen molar-refractivity contribution >= 4 is 11.7 Å². The topological polar surface area (TPSA) is 41.1 Å². The zero-order chi connectivity index (χ0) is 12.8. The van der Waals surface area contributed by atoms with Crippen molar-refractivity contribution in [2.24, 2.45) is 0 Å². The maximum atomic E-state index is 13.2. The van der Waals surface area contributed by atoms with E-state index in [2.05, 4.69) is 10.6 Å². The van der Waals surface area contributed by atoms with Crippen LogP contribution in [-0.2, 0) is 0 Å². The molecule has 2 N–H and O–H groups in total. The standard InChI is InChI=1S/C12H16F2N2O/c1-3-8(4-2)15-12(17)16-11-9(13)6-5-7-10(11)14/h5-8H,3-4H2,1-2H3,(H2,15,16,17). The fourth-order valence-corrected chi connectivity index (χ4v) is 1.45. The largest absolute Gasteiger partial charge is 0.335 e. The van der Waals surface area contributed by atoms with Gasteiger partial charge in [-0.2, -0.15) is 0 Å². The molecule has 0 saturated heterocycles. The maximum Gasteiger partial charge on any atom is 0.319 e. The highest BCUT2D eigenvalue weighted by Gasteiger charge is 2.13. The number of hydrogen-bond acceptors (Lipinski definition) is 1. The number of amides is 2. The summed E-state index contributed by atoms with van der Waals surface area (Å²) < 4.78 is 26.5. The molecule has 17 heavy (non-hydrogen) atoms. The Balaban J connectivity index is 2.68. The predicted molar refractivity (Wildman–Crippen MR) is 62.9 cm³/mol. The van der Waals surface area contributed by atoms with Gasteiger partial charge in [-0.3, -0.25) is 0 Å². The molecule has 1 aromatic rings. The Morgan fingerprint density at radius 3 is 2.24 bits per heavy atom. The van der Waals surface area contributed by atoms with Crippen LogP contribution in [0, 0.1) is 11.6 Å². The lowest BCUT2D eigenvalue weighted by Crippen LogP contribution is -2.37. The van der Waals surface area contributed by atoms with Crippen molar-refractivity contribution in [2.75, 3.05) is 5.32 Å². The normalized spacial score (nSPS) is 10.4. The van der Waals surface area contributed by atoms with Gasteiger partial charge in [0.1, 0.15) is 17.3 Å². The van der Waals surface area contributed by atoms with Crippen LogP contribution in [0.3, 0.4) is 0 Å². The van der Waals surface area contributed by atoms with Gasteiger partial charge in [0.05, 0.1) is 0 Å². The summed E-state index contributed by atoms with van der Waals surface area (Å²) in [7, 11) is 0. The monoisotopic (exact) mass is 242 g/mol. The van der Waals surface area contributed by atoms with Crippen LogP contribution >= 0.6 is 0 Å². The molecular weight excluding hydrogens is 226 g/mol. The van der Waals surface area contributed by atoms with Gasteiger partial charge in [0, 0.05) is 6.04 Å². The Morgan fingerprint density at radius 2 is 1.76 bits per heavy atom. The second-order valence-corrected chi connectivity index (χ2v) is 3.71. The number of nitrogens with one attached hydrogen (secondary N) is 2. The molecule has 5 heteroatoms. The Kier molecular flexibility index (Phi) is 4.87. The number of halogens is 2. The van der Waals surface area contributed by atoms with Crippen LogP contribution < -0.4 is 10.6 Å². The minimum absolute atomic E-state index is 0.00448. The smallest absolute Gasteiger partial charge is 0.319 e. The van der Waals surface area contributed by atoms with Crippen molar-refractivity contribution in [3.05, 3.63) is 29.8 Å². The van der Waals surface area contributed by atoms with Gasteiger partial charge in [0.15, 0.2) is 0 Å². The van der Waals surface area contributed by atoms with Crippen molar-refractivity contribution in [3.63, 3.8) is 0 Å². The summed E-state index contributed by atoms with van der Waals surface area (Å²) in [6.45, 7) is 3.86. The van der Waals surface area contributed by atoms with E-state index in [9.17, 15) is 13.6 Å². The maximum absolute atomic E-state index is 13.2. The first-order valence-electron chi connectivity index (χ1n) is 5.60. The number of hydrogen-bond donors (Lipinski definition) is 2. The van der Waals surface area contributed by atoms with Crippen LogP contribution in [0.1, 0.15) is 26.7 Å². The van der Waals surface area contributed by atoms with Crippen LogP contribution in [0.25, 0.3) is 0 Å². The quantitative estimate of drug-likeness (QED) is 0.835. The third kappa shape index (κ3) is 3.69. The predicted octanol–water partition coefficient (Wildman–Crippen LogP) is 3.27. The average Bonchev–Trinajstić information content (AvgIpc) is 2.31. The molecule has 0 bridgehead atoms. The first kappa shape index (κ1) is 13.4. The van der Waals surface area contributed by atoms with E-state index in [4.69, 9.17) is 0 Å². The molecule has 0 aromatic heterocycles. The SMILES string of the molecule is CCC(CC)NC(=O)Nc1c(F)cccc1F. The summed E-state index contributed by atoms with van der Waals surface area (Å²) in [5, 5.41) is 4.81. The van der Waals surface area contributed by atoms with Crippen LogP contribution in [0.15, 0.2) is 18.2 Å². The summed E-state index contributed by atoms with van der Waals surface area (Å²) in [5.41, 5.74) is -0.420. The van der Waals surface area contributed by atoms with E-state index in [0.29, 0.717) is 0 Å². The van der Waals surface area contributed by atoms with Gasteiger partial charge in [-0.25, -0.2) is 13.6 Å². The second kappa shape index (κ2) is 6.18. The number of anilines is 1. The molecule has 1 aromatic carbocycles. The Morgan fingerprint density at radius 1 is 1.24 bits per heavy atom. The van der Waals surface area contributed by atoms with Gasteiger partial charge >= 0.3 is 6.03 Å². The highest BCUT2D eigenvalue weighted by Crippen LogP contribution is 2.17. The summed E-state index contributed by atoms with van der Waals surface area (Å²) in [6.07, 6.45) is 1.54. The molecule has 0 heterocycles. The fourth-order valence-electron chi connectivity index (χ4n) is 1.45. The van der Waals surface area contributed by atoms with Crippen LogP contribution in [0.2, 0.25) is 0 Å². The lowest BCUT2D eigenvalue weighted by Gasteiger charge is -2.15. The van der Waals surface area contributed by atoms with E-state index in [0.717, 1.165) is 25.0 Å². The van der Waals surface area contributed by atoms with Gasteiger partial charge in [0.25, 0.3) is 0 Å². The number of para-hydroxylation sites is 1. The summed E-state index contributed by atoms with van der Waals surface area (Å²) >= 11 is 0. The molecule has 0 radical (unpaired) electrons. The summed E-state index contributed by atoms with van der Waals surface area (Å²) in [4.78, 5) is 11.5. The van der Waals surface area contributed by atoms with Crippen molar-refractivity contribution in [3.8, 4) is 0 Å². The van der Waals surface area contributed by atoms with E-state index < -0.39 is 23.4 Å². The molecule has 94 valence electrons. The molecule has 0 unspecified atom stereocenters. The Bertz CT molecular complexity index is 372. The van der Waals surface area contributed by atoms with Crippen LogP contribution in [0.5, 0.6) is 0 Å². The minimum Gasteiger partial charge on any atom is -0.335 e. The summed E-state index contributed by atoms with van der Waals surface area (Å²) in [6, 6.07) is 2.84. The number of carbonyl (C=O) groups excluding carboxylic acids is 1. The van der Waals surface area contributed by atoms with Crippen molar-refractivity contribution in [2.45, 2.75) is 32.7 Å². The average molecular weight is 242 g/mol. The van der Waals surface area contributed by atoms with Crippen molar-refractivity contribution in [1.29, 1.82) is 0 Å². The first-order chi connectivity index (χ1) is 8.08. The molecule has 3 nitrogen and oxygen atoms in total. The molecule has 0 aliphatic heterocycles. The molecule has 0 saturated carbocycles. The number of rotatable bonds is 4. The van der Waals surface area contributed by atoms with E-state index >= 15 is 0 Å². The Hall–Kier alpha value is -1.65. The third-order valence-corrected chi connectivity index (χ3v) is 2.52. The number of carbonyl (C=O) groups is 1. The van der Waals surface area contributed by atoms with Gasteiger partial charge in [-0.15, -0.1) is 0 Å². The number of urea groups is 1. The molecular formula is C12H16F2N2O. The minimum atomic E-state index is -0.787. The van der Waals surface area contributed by atoms with Crippen molar-refractivity contribution < 1.29 is 13.6 Å². The highest BCUT2D eigenvalue weighted by atomic mass is 19.1. The number of benzene rings is 1. The zero-order valence-electron chi connectivity index (χ0n) is 9.89. The fraction of sp³-hybridized carbons (Fsp3) is 0.417. The first-order valence-corrected chi connectivity index (χ1v) is 5.60. The molecule has 0 spiro atoms. The van der Waals surface area contributed by atoms with E-state index in [1.165, 1.54) is 6.07 Å². The van der Waals surface area contributed by atoms with Gasteiger partial charge in [0.2, 0.25) is 0 Å². The van der Waals surface area contributed by atoms with Gasteiger partial charge in [-0.1, -0.05) is 19.9 Å². The molecule has 0 aliphatic carbocycles. The molecule has 0 aliphatic rings. The second-order valence-electron chi connectivity index (χ2n) is 3.71. The lowest BCUT2D eigenvalue weighted by molar-refractivity contribution is 0.247. The molecule has 0 fully saturated rings. The van der Waals surface area contributed by atoms with E-state index in [1.807, 2.05) is 13.8 Å².